The average molecular weight is 1390 g/mol. The van der Waals surface area contributed by atoms with Crippen LogP contribution in [0.5, 0.6) is 0 Å². The Hall–Kier alpha value is -2.81. The molecule has 0 saturated carbocycles. The van der Waals surface area contributed by atoms with E-state index in [9.17, 15) is 19.0 Å². The standard InChI is InChI=1S/C88H162NO8P/c1-6-8-10-12-14-16-18-20-22-24-26-28-30-32-34-36-38-40-42-43-44-45-47-49-51-53-55-57-59-61-63-65-67-69-71-73-75-77-79-81-88(91)97-86(85-96-98(92,93)95-83-82-89(3,4)5)84-94-87(90)80-78-76-74-72-70-68-66-64-62-60-58-56-54-52-50-48-46-41-39-37-35-33-31-29-27-25-23-21-19-17-15-13-11-9-7-2/h8,10,14,16,19-22,25-28,32,34,86H,6-7,9,11-13,15,17-18,23-24,29-31,33,35-85H2,1-5H3/b10-8-,16-14-,21-19-,22-20-,27-25-,28-26-,34-32-. The Labute approximate surface area is 609 Å². The second-order valence-electron chi connectivity index (χ2n) is 29.8. The molecule has 0 aliphatic carbocycles. The van der Waals surface area contributed by atoms with Gasteiger partial charge in [0.2, 0.25) is 0 Å². The Kier molecular flexibility index (Phi) is 76.1. The van der Waals surface area contributed by atoms with E-state index in [0.717, 1.165) is 70.6 Å². The van der Waals surface area contributed by atoms with Gasteiger partial charge in [-0.3, -0.25) is 14.2 Å². The lowest BCUT2D eigenvalue weighted by molar-refractivity contribution is -0.870. The number of esters is 2. The Bertz CT molecular complexity index is 1930. The minimum atomic E-state index is -4.65. The number of carbonyl (C=O) groups excluding carboxylic acids is 2. The molecular formula is C88H162NO8P. The number of phosphoric acid groups is 1. The molecule has 0 fully saturated rings. The van der Waals surface area contributed by atoms with Crippen molar-refractivity contribution < 1.29 is 42.1 Å². The molecule has 572 valence electrons. The van der Waals surface area contributed by atoms with Crippen molar-refractivity contribution >= 4 is 19.8 Å². The Balaban J connectivity index is 3.89. The molecule has 0 aromatic heterocycles. The summed E-state index contributed by atoms with van der Waals surface area (Å²) < 4.78 is 34.5. The van der Waals surface area contributed by atoms with Crippen molar-refractivity contribution in [3.05, 3.63) is 85.1 Å². The average Bonchev–Trinajstić information content (AvgIpc) is 1.23. The zero-order valence-electron chi connectivity index (χ0n) is 65.5. The predicted octanol–water partition coefficient (Wildman–Crippen LogP) is 27.8. The number of carbonyl (C=O) groups is 2. The highest BCUT2D eigenvalue weighted by Gasteiger charge is 2.22. The van der Waals surface area contributed by atoms with Crippen LogP contribution in [0.1, 0.15) is 412 Å². The van der Waals surface area contributed by atoms with Gasteiger partial charge in [-0.05, 0) is 89.9 Å². The number of hydrogen-bond donors (Lipinski definition) is 0. The van der Waals surface area contributed by atoms with E-state index in [0.29, 0.717) is 17.4 Å². The van der Waals surface area contributed by atoms with Gasteiger partial charge >= 0.3 is 11.9 Å². The van der Waals surface area contributed by atoms with Crippen molar-refractivity contribution in [2.45, 2.75) is 418 Å². The summed E-state index contributed by atoms with van der Waals surface area (Å²) in [7, 11) is 1.19. The van der Waals surface area contributed by atoms with Gasteiger partial charge in [-0.1, -0.05) is 394 Å². The van der Waals surface area contributed by atoms with Crippen molar-refractivity contribution in [1.29, 1.82) is 0 Å². The van der Waals surface area contributed by atoms with E-state index in [1.54, 1.807) is 0 Å². The van der Waals surface area contributed by atoms with Crippen LogP contribution in [-0.2, 0) is 32.7 Å². The summed E-state index contributed by atoms with van der Waals surface area (Å²) in [5, 5.41) is 0. The minimum absolute atomic E-state index is 0.0292. The maximum atomic E-state index is 12.9. The predicted molar refractivity (Wildman–Crippen MR) is 425 cm³/mol. The molecule has 0 aromatic rings. The lowest BCUT2D eigenvalue weighted by atomic mass is 10.0. The van der Waals surface area contributed by atoms with Gasteiger partial charge in [0.15, 0.2) is 6.10 Å². The molecular weight excluding hydrogens is 1230 g/mol. The molecule has 2 unspecified atom stereocenters. The van der Waals surface area contributed by atoms with Gasteiger partial charge in [-0.15, -0.1) is 0 Å². The fraction of sp³-hybridized carbons (Fsp3) is 0.818. The van der Waals surface area contributed by atoms with Crippen LogP contribution in [-0.4, -0.2) is 70.0 Å². The summed E-state index contributed by atoms with van der Waals surface area (Å²) in [6.45, 7) is 4.18. The smallest absolute Gasteiger partial charge is 0.306 e. The van der Waals surface area contributed by atoms with E-state index in [-0.39, 0.29) is 32.0 Å². The first-order valence-electron chi connectivity index (χ1n) is 42.3. The monoisotopic (exact) mass is 1390 g/mol. The largest absolute Gasteiger partial charge is 0.756 e. The van der Waals surface area contributed by atoms with Crippen LogP contribution >= 0.6 is 7.82 Å². The van der Waals surface area contributed by atoms with Gasteiger partial charge < -0.3 is 27.9 Å². The quantitative estimate of drug-likeness (QED) is 0.0195. The molecule has 0 aliphatic rings. The topological polar surface area (TPSA) is 111 Å². The number of rotatable bonds is 79. The van der Waals surface area contributed by atoms with Gasteiger partial charge in [0, 0.05) is 12.8 Å². The molecule has 0 saturated heterocycles. The number of ether oxygens (including phenoxy) is 2. The number of nitrogens with zero attached hydrogens (tertiary/aromatic N) is 1. The molecule has 0 heterocycles. The van der Waals surface area contributed by atoms with Crippen LogP contribution in [0.3, 0.4) is 0 Å². The first-order valence-corrected chi connectivity index (χ1v) is 43.8. The fourth-order valence-corrected chi connectivity index (χ4v) is 13.2. The molecule has 2 atom stereocenters. The van der Waals surface area contributed by atoms with Gasteiger partial charge in [0.1, 0.15) is 19.8 Å². The second-order valence-corrected chi connectivity index (χ2v) is 31.2. The number of quaternary nitrogens is 1. The SMILES string of the molecule is CC/C=C\C/C=C\C/C=C\C/C=C\C/C=C\CCCCCCCCCCCCCCCCCCCCCCCCCC(=O)OC(COC(=O)CCCCCCCCCCCCCCCCCCCCCCCCC/C=C\C/C=C\CCCCCCC)COP(=O)([O-])OCC[N+](C)(C)C. The second kappa shape index (κ2) is 78.3. The third-order valence-electron chi connectivity index (χ3n) is 18.9. The van der Waals surface area contributed by atoms with E-state index < -0.39 is 26.5 Å². The Morgan fingerprint density at radius 2 is 0.582 bits per heavy atom. The zero-order valence-corrected chi connectivity index (χ0v) is 66.4. The molecule has 0 aromatic carbocycles. The van der Waals surface area contributed by atoms with Crippen molar-refractivity contribution in [2.24, 2.45) is 0 Å². The zero-order chi connectivity index (χ0) is 71.1. The molecule has 0 rings (SSSR count). The summed E-state index contributed by atoms with van der Waals surface area (Å²) in [5.74, 6) is -0.810. The first kappa shape index (κ1) is 95.2. The molecule has 0 bridgehead atoms. The van der Waals surface area contributed by atoms with Gasteiger partial charge in [-0.25, -0.2) is 0 Å². The van der Waals surface area contributed by atoms with Crippen LogP contribution in [0.4, 0.5) is 0 Å². The number of phosphoric ester groups is 1. The molecule has 98 heavy (non-hydrogen) atoms. The van der Waals surface area contributed by atoms with E-state index in [1.807, 2.05) is 21.1 Å². The Morgan fingerprint density at radius 3 is 0.867 bits per heavy atom. The number of unbranched alkanes of at least 4 members (excludes halogenated alkanes) is 51. The molecule has 10 heteroatoms. The molecule has 0 aliphatic heterocycles. The van der Waals surface area contributed by atoms with E-state index in [4.69, 9.17) is 18.5 Å². The molecule has 0 spiro atoms. The lowest BCUT2D eigenvalue weighted by Gasteiger charge is -2.28. The van der Waals surface area contributed by atoms with Gasteiger partial charge in [0.05, 0.1) is 27.7 Å². The van der Waals surface area contributed by atoms with Crippen LogP contribution in [0.2, 0.25) is 0 Å². The summed E-state index contributed by atoms with van der Waals surface area (Å²) in [4.78, 5) is 38.2. The third-order valence-corrected chi connectivity index (χ3v) is 19.9. The number of likely N-dealkylation sites (N-methyl/N-ethyl adjacent to an activating group) is 1. The maximum absolute atomic E-state index is 12.9. The van der Waals surface area contributed by atoms with Crippen molar-refractivity contribution in [3.63, 3.8) is 0 Å². The third kappa shape index (κ3) is 82.1. The van der Waals surface area contributed by atoms with E-state index in [1.165, 1.54) is 308 Å². The molecule has 0 radical (unpaired) electrons. The highest BCUT2D eigenvalue weighted by molar-refractivity contribution is 7.45. The summed E-state index contributed by atoms with van der Waals surface area (Å²) in [6, 6.07) is 0. The molecule has 0 N–H and O–H groups in total. The number of hydrogen-bond acceptors (Lipinski definition) is 8. The fourth-order valence-electron chi connectivity index (χ4n) is 12.5. The first-order chi connectivity index (χ1) is 48.0. The molecule has 9 nitrogen and oxygen atoms in total. The highest BCUT2D eigenvalue weighted by atomic mass is 31.2. The van der Waals surface area contributed by atoms with Crippen LogP contribution < -0.4 is 4.89 Å². The maximum Gasteiger partial charge on any atom is 0.306 e. The Morgan fingerprint density at radius 1 is 0.327 bits per heavy atom. The van der Waals surface area contributed by atoms with Crippen LogP contribution in [0.15, 0.2) is 85.1 Å². The van der Waals surface area contributed by atoms with E-state index in [2.05, 4.69) is 98.9 Å². The van der Waals surface area contributed by atoms with Crippen molar-refractivity contribution in [2.75, 3.05) is 47.5 Å². The summed E-state index contributed by atoms with van der Waals surface area (Å²) in [6.07, 6.45) is 109. The summed E-state index contributed by atoms with van der Waals surface area (Å²) >= 11 is 0. The highest BCUT2D eigenvalue weighted by Crippen LogP contribution is 2.38. The van der Waals surface area contributed by atoms with Gasteiger partial charge in [0.25, 0.3) is 7.82 Å². The molecule has 0 amide bonds. The minimum Gasteiger partial charge on any atom is -0.756 e. The van der Waals surface area contributed by atoms with Crippen molar-refractivity contribution in [1.82, 2.24) is 0 Å². The lowest BCUT2D eigenvalue weighted by Crippen LogP contribution is -2.37. The number of allylic oxidation sites excluding steroid dienone is 14. The van der Waals surface area contributed by atoms with Crippen LogP contribution in [0, 0.1) is 0 Å². The normalized spacial score (nSPS) is 13.4. The van der Waals surface area contributed by atoms with Gasteiger partial charge in [-0.2, -0.15) is 0 Å². The summed E-state index contributed by atoms with van der Waals surface area (Å²) in [5.41, 5.74) is 0. The van der Waals surface area contributed by atoms with Crippen LogP contribution in [0.25, 0.3) is 0 Å². The van der Waals surface area contributed by atoms with Crippen molar-refractivity contribution in [3.8, 4) is 0 Å². The van der Waals surface area contributed by atoms with E-state index >= 15 is 0 Å².